The summed E-state index contributed by atoms with van der Waals surface area (Å²) in [4.78, 5) is 0. The van der Waals surface area contributed by atoms with Gasteiger partial charge < -0.3 is 10.4 Å². The topological polar surface area (TPSA) is 32.3 Å². The van der Waals surface area contributed by atoms with Crippen LogP contribution in [0.15, 0.2) is 22.7 Å². The average molecular weight is 302 g/mol. The lowest BCUT2D eigenvalue weighted by atomic mass is 10.1. The zero-order valence-corrected chi connectivity index (χ0v) is 11.2. The van der Waals surface area contributed by atoms with Gasteiger partial charge in [-0.25, -0.2) is 4.39 Å². The molecular formula is C13H17BrFNO. The maximum Gasteiger partial charge on any atom is 0.124 e. The van der Waals surface area contributed by atoms with Gasteiger partial charge in [-0.1, -0.05) is 34.8 Å². The van der Waals surface area contributed by atoms with Crippen molar-refractivity contribution >= 4 is 15.9 Å². The van der Waals surface area contributed by atoms with Crippen LogP contribution in [0.1, 0.15) is 37.3 Å². The maximum atomic E-state index is 13.0. The van der Waals surface area contributed by atoms with Gasteiger partial charge in [0.2, 0.25) is 0 Å². The molecular weight excluding hydrogens is 285 g/mol. The number of rotatable bonds is 4. The first-order valence-electron chi connectivity index (χ1n) is 6.02. The van der Waals surface area contributed by atoms with Crippen molar-refractivity contribution in [1.29, 1.82) is 0 Å². The second-order valence-electron chi connectivity index (χ2n) is 4.55. The zero-order valence-electron chi connectivity index (χ0n) is 9.63. The average Bonchev–Trinajstić information content (AvgIpc) is 2.79. The Labute approximate surface area is 109 Å². The molecule has 0 bridgehead atoms. The van der Waals surface area contributed by atoms with Crippen molar-refractivity contribution in [2.45, 2.75) is 37.8 Å². The lowest BCUT2D eigenvalue weighted by Gasteiger charge is -2.22. The Bertz CT molecular complexity index is 380. The monoisotopic (exact) mass is 301 g/mol. The molecule has 2 N–H and O–H groups in total. The highest BCUT2D eigenvalue weighted by Crippen LogP contribution is 2.27. The molecule has 0 heterocycles. The molecule has 0 aromatic heterocycles. The van der Waals surface area contributed by atoms with Crippen LogP contribution in [-0.2, 0) is 0 Å². The highest BCUT2D eigenvalue weighted by atomic mass is 79.9. The standard InChI is InChI=1S/C13H17BrFNO/c14-12-7-9(15)5-6-11(12)13(8-17)16-10-3-1-2-4-10/h5-7,10,13,16-17H,1-4,8H2. The van der Waals surface area contributed by atoms with Crippen molar-refractivity contribution in [2.24, 2.45) is 0 Å². The predicted octanol–water partition coefficient (Wildman–Crippen LogP) is 3.15. The molecule has 1 fully saturated rings. The largest absolute Gasteiger partial charge is 0.394 e. The second-order valence-corrected chi connectivity index (χ2v) is 5.40. The van der Waals surface area contributed by atoms with Crippen LogP contribution in [0.3, 0.4) is 0 Å². The van der Waals surface area contributed by atoms with E-state index in [2.05, 4.69) is 21.2 Å². The molecule has 1 aliphatic rings. The Hall–Kier alpha value is -0.450. The smallest absolute Gasteiger partial charge is 0.124 e. The summed E-state index contributed by atoms with van der Waals surface area (Å²) in [5.41, 5.74) is 0.917. The molecule has 0 radical (unpaired) electrons. The molecule has 1 atom stereocenters. The van der Waals surface area contributed by atoms with E-state index in [1.54, 1.807) is 6.07 Å². The lowest BCUT2D eigenvalue weighted by molar-refractivity contribution is 0.232. The Balaban J connectivity index is 2.10. The van der Waals surface area contributed by atoms with Crippen LogP contribution in [-0.4, -0.2) is 17.8 Å². The Morgan fingerprint density at radius 3 is 2.71 bits per heavy atom. The van der Waals surface area contributed by atoms with Crippen LogP contribution >= 0.6 is 15.9 Å². The van der Waals surface area contributed by atoms with Crippen LogP contribution in [0.5, 0.6) is 0 Å². The number of aliphatic hydroxyl groups is 1. The van der Waals surface area contributed by atoms with Gasteiger partial charge in [-0.15, -0.1) is 0 Å². The number of benzene rings is 1. The molecule has 1 aliphatic carbocycles. The van der Waals surface area contributed by atoms with Gasteiger partial charge in [-0.3, -0.25) is 0 Å². The Kier molecular flexibility index (Phi) is 4.54. The molecule has 0 aliphatic heterocycles. The van der Waals surface area contributed by atoms with Crippen molar-refractivity contribution in [1.82, 2.24) is 5.32 Å². The van der Waals surface area contributed by atoms with E-state index in [1.807, 2.05) is 0 Å². The Morgan fingerprint density at radius 2 is 2.12 bits per heavy atom. The van der Waals surface area contributed by atoms with Crippen LogP contribution in [0, 0.1) is 5.82 Å². The minimum atomic E-state index is -0.266. The van der Waals surface area contributed by atoms with Crippen molar-refractivity contribution in [3.63, 3.8) is 0 Å². The third-order valence-electron chi connectivity index (χ3n) is 3.31. The van der Waals surface area contributed by atoms with Gasteiger partial charge in [0, 0.05) is 10.5 Å². The fraction of sp³-hybridized carbons (Fsp3) is 0.538. The molecule has 2 rings (SSSR count). The van der Waals surface area contributed by atoms with Crippen molar-refractivity contribution < 1.29 is 9.50 Å². The molecule has 1 saturated carbocycles. The van der Waals surface area contributed by atoms with Crippen LogP contribution in [0.2, 0.25) is 0 Å². The molecule has 4 heteroatoms. The third-order valence-corrected chi connectivity index (χ3v) is 4.00. The second kappa shape index (κ2) is 5.94. The van der Waals surface area contributed by atoms with E-state index in [9.17, 15) is 9.50 Å². The van der Waals surface area contributed by atoms with Gasteiger partial charge in [-0.2, -0.15) is 0 Å². The molecule has 94 valence electrons. The van der Waals surface area contributed by atoms with Crippen LogP contribution in [0.25, 0.3) is 0 Å². The SMILES string of the molecule is OCC(NC1CCCC1)c1ccc(F)cc1Br. The molecule has 0 amide bonds. The summed E-state index contributed by atoms with van der Waals surface area (Å²) in [7, 11) is 0. The molecule has 0 spiro atoms. The highest BCUT2D eigenvalue weighted by Gasteiger charge is 2.21. The van der Waals surface area contributed by atoms with Gasteiger partial charge in [-0.05, 0) is 30.5 Å². The van der Waals surface area contributed by atoms with Gasteiger partial charge >= 0.3 is 0 Å². The molecule has 2 nitrogen and oxygen atoms in total. The number of hydrogen-bond acceptors (Lipinski definition) is 2. The van der Waals surface area contributed by atoms with E-state index in [0.717, 1.165) is 18.4 Å². The number of hydrogen-bond donors (Lipinski definition) is 2. The minimum absolute atomic E-state index is 0.0285. The fourth-order valence-corrected chi connectivity index (χ4v) is 3.03. The highest BCUT2D eigenvalue weighted by molar-refractivity contribution is 9.10. The van der Waals surface area contributed by atoms with E-state index < -0.39 is 0 Å². The van der Waals surface area contributed by atoms with E-state index in [-0.39, 0.29) is 18.5 Å². The fourth-order valence-electron chi connectivity index (χ4n) is 2.40. The third kappa shape index (κ3) is 3.27. The van der Waals surface area contributed by atoms with Crippen LogP contribution in [0.4, 0.5) is 4.39 Å². The van der Waals surface area contributed by atoms with Crippen molar-refractivity contribution in [3.8, 4) is 0 Å². The molecule has 1 unspecified atom stereocenters. The lowest BCUT2D eigenvalue weighted by Crippen LogP contribution is -2.32. The van der Waals surface area contributed by atoms with Crippen molar-refractivity contribution in [2.75, 3.05) is 6.61 Å². The number of aliphatic hydroxyl groups excluding tert-OH is 1. The summed E-state index contributed by atoms with van der Waals surface area (Å²) in [6.45, 7) is 0.0285. The summed E-state index contributed by atoms with van der Waals surface area (Å²) in [6.07, 6.45) is 4.82. The molecule has 1 aromatic rings. The number of halogens is 2. The van der Waals surface area contributed by atoms with Crippen LogP contribution < -0.4 is 5.32 Å². The summed E-state index contributed by atoms with van der Waals surface area (Å²) >= 11 is 3.35. The van der Waals surface area contributed by atoms with E-state index >= 15 is 0 Å². The number of nitrogens with one attached hydrogen (secondary N) is 1. The molecule has 1 aromatic carbocycles. The summed E-state index contributed by atoms with van der Waals surface area (Å²) in [6, 6.07) is 4.95. The first-order valence-corrected chi connectivity index (χ1v) is 6.82. The zero-order chi connectivity index (χ0) is 12.3. The maximum absolute atomic E-state index is 13.0. The molecule has 0 saturated heterocycles. The van der Waals surface area contributed by atoms with E-state index in [1.165, 1.54) is 25.0 Å². The first-order chi connectivity index (χ1) is 8.20. The minimum Gasteiger partial charge on any atom is -0.394 e. The van der Waals surface area contributed by atoms with Gasteiger partial charge in [0.1, 0.15) is 5.82 Å². The molecule has 17 heavy (non-hydrogen) atoms. The van der Waals surface area contributed by atoms with E-state index in [0.29, 0.717) is 10.5 Å². The quantitative estimate of drug-likeness (QED) is 0.895. The normalized spacial score (nSPS) is 18.5. The van der Waals surface area contributed by atoms with Gasteiger partial charge in [0.15, 0.2) is 0 Å². The summed E-state index contributed by atoms with van der Waals surface area (Å²) in [5, 5.41) is 12.9. The predicted molar refractivity (Wildman–Crippen MR) is 69.3 cm³/mol. The first kappa shape index (κ1) is 13.0. The van der Waals surface area contributed by atoms with Crippen molar-refractivity contribution in [3.05, 3.63) is 34.1 Å². The summed E-state index contributed by atoms with van der Waals surface area (Å²) in [5.74, 6) is -0.266. The summed E-state index contributed by atoms with van der Waals surface area (Å²) < 4.78 is 13.7. The Morgan fingerprint density at radius 1 is 1.41 bits per heavy atom. The van der Waals surface area contributed by atoms with Gasteiger partial charge in [0.05, 0.1) is 12.6 Å². The van der Waals surface area contributed by atoms with E-state index in [4.69, 9.17) is 0 Å². The van der Waals surface area contributed by atoms with Gasteiger partial charge in [0.25, 0.3) is 0 Å².